The van der Waals surface area contributed by atoms with Crippen molar-refractivity contribution in [1.82, 2.24) is 20.3 Å². The molecule has 10 heteroatoms. The third kappa shape index (κ3) is 4.59. The van der Waals surface area contributed by atoms with Crippen LogP contribution in [0.4, 0.5) is 18.9 Å². The van der Waals surface area contributed by atoms with Crippen molar-refractivity contribution in [2.75, 3.05) is 18.4 Å². The molecule has 0 bridgehead atoms. The van der Waals surface area contributed by atoms with Gasteiger partial charge in [0.25, 0.3) is 5.91 Å². The normalized spacial score (nSPS) is 15.3. The van der Waals surface area contributed by atoms with E-state index < -0.39 is 17.6 Å². The van der Waals surface area contributed by atoms with Crippen LogP contribution >= 0.6 is 12.4 Å². The van der Waals surface area contributed by atoms with Crippen molar-refractivity contribution >= 4 is 24.0 Å². The average Bonchev–Trinajstić information content (AvgIpc) is 2.98. The van der Waals surface area contributed by atoms with Crippen LogP contribution < -0.4 is 10.6 Å². The first-order chi connectivity index (χ1) is 12.3. The highest BCUT2D eigenvalue weighted by Crippen LogP contribution is 2.33. The first kappa shape index (κ1) is 21.2. The second-order valence-electron chi connectivity index (χ2n) is 6.43. The van der Waals surface area contributed by atoms with Crippen LogP contribution in [0.3, 0.4) is 0 Å². The minimum absolute atomic E-state index is 0. The maximum atomic E-state index is 13.0. The van der Waals surface area contributed by atoms with Gasteiger partial charge in [-0.2, -0.15) is 13.2 Å². The highest BCUT2D eigenvalue weighted by Gasteiger charge is 2.32. The second kappa shape index (κ2) is 8.26. The van der Waals surface area contributed by atoms with Crippen LogP contribution in [0.1, 0.15) is 46.2 Å². The van der Waals surface area contributed by atoms with E-state index in [1.807, 2.05) is 0 Å². The highest BCUT2D eigenvalue weighted by atomic mass is 35.5. The Labute approximate surface area is 160 Å². The van der Waals surface area contributed by atoms with E-state index in [1.54, 1.807) is 11.6 Å². The zero-order chi connectivity index (χ0) is 18.9. The SMILES string of the molecule is Cc1ccc(NC(=O)c2nnn(C3CCNCC3)c2C)cc1C(F)(F)F.Cl. The lowest BCUT2D eigenvalue weighted by molar-refractivity contribution is -0.138. The first-order valence-electron chi connectivity index (χ1n) is 8.39. The predicted octanol–water partition coefficient (Wildman–Crippen LogP) is 3.51. The second-order valence-corrected chi connectivity index (χ2v) is 6.43. The molecule has 2 aromatic rings. The third-order valence-electron chi connectivity index (χ3n) is 4.60. The van der Waals surface area contributed by atoms with Gasteiger partial charge in [-0.15, -0.1) is 17.5 Å². The maximum absolute atomic E-state index is 13.0. The average molecular weight is 404 g/mol. The number of anilines is 1. The van der Waals surface area contributed by atoms with Gasteiger partial charge >= 0.3 is 6.18 Å². The zero-order valence-corrected chi connectivity index (χ0v) is 15.7. The molecule has 1 amide bonds. The molecule has 0 aliphatic carbocycles. The molecule has 0 unspecified atom stereocenters. The number of rotatable bonds is 3. The number of aryl methyl sites for hydroxylation is 1. The summed E-state index contributed by atoms with van der Waals surface area (Å²) >= 11 is 0. The molecular weight excluding hydrogens is 383 g/mol. The van der Waals surface area contributed by atoms with Crippen molar-refractivity contribution in [3.8, 4) is 0 Å². The fraction of sp³-hybridized carbons (Fsp3) is 0.471. The van der Waals surface area contributed by atoms with Crippen LogP contribution in [-0.2, 0) is 6.18 Å². The minimum Gasteiger partial charge on any atom is -0.321 e. The molecule has 1 aromatic heterocycles. The molecule has 27 heavy (non-hydrogen) atoms. The lowest BCUT2D eigenvalue weighted by atomic mass is 10.1. The third-order valence-corrected chi connectivity index (χ3v) is 4.60. The summed E-state index contributed by atoms with van der Waals surface area (Å²) in [6.07, 6.45) is -2.70. The number of nitrogens with one attached hydrogen (secondary N) is 2. The van der Waals surface area contributed by atoms with Crippen molar-refractivity contribution in [3.63, 3.8) is 0 Å². The topological polar surface area (TPSA) is 71.8 Å². The van der Waals surface area contributed by atoms with E-state index in [0.29, 0.717) is 5.69 Å². The van der Waals surface area contributed by atoms with E-state index in [0.717, 1.165) is 32.0 Å². The molecule has 1 aromatic carbocycles. The zero-order valence-electron chi connectivity index (χ0n) is 14.9. The summed E-state index contributed by atoms with van der Waals surface area (Å²) in [6.45, 7) is 4.86. The molecule has 1 saturated heterocycles. The Morgan fingerprint density at radius 1 is 1.26 bits per heavy atom. The van der Waals surface area contributed by atoms with Crippen molar-refractivity contribution in [2.24, 2.45) is 0 Å². The molecule has 6 nitrogen and oxygen atoms in total. The Kier molecular flexibility index (Phi) is 6.48. The molecule has 0 atom stereocenters. The van der Waals surface area contributed by atoms with Crippen LogP contribution in [0.5, 0.6) is 0 Å². The Bertz CT molecular complexity index is 815. The number of hydrogen-bond acceptors (Lipinski definition) is 4. The quantitative estimate of drug-likeness (QED) is 0.822. The summed E-state index contributed by atoms with van der Waals surface area (Å²) in [4.78, 5) is 12.5. The standard InChI is InChI=1S/C17H20F3N5O.ClH/c1-10-3-4-12(9-14(10)17(18,19)20)22-16(26)15-11(2)25(24-23-15)13-5-7-21-8-6-13;/h3-4,9,13,21H,5-8H2,1-2H3,(H,22,26);1H. The van der Waals surface area contributed by atoms with Gasteiger partial charge in [0, 0.05) is 5.69 Å². The van der Waals surface area contributed by atoms with E-state index in [2.05, 4.69) is 20.9 Å². The summed E-state index contributed by atoms with van der Waals surface area (Å²) in [5.74, 6) is -0.570. The minimum atomic E-state index is -4.47. The number of halogens is 4. The smallest absolute Gasteiger partial charge is 0.321 e. The van der Waals surface area contributed by atoms with Gasteiger partial charge in [0.2, 0.25) is 0 Å². The molecule has 1 fully saturated rings. The first-order valence-corrected chi connectivity index (χ1v) is 8.39. The van der Waals surface area contributed by atoms with Gasteiger partial charge in [-0.05, 0) is 57.5 Å². The van der Waals surface area contributed by atoms with Crippen molar-refractivity contribution in [1.29, 1.82) is 0 Å². The maximum Gasteiger partial charge on any atom is 0.416 e. The molecule has 0 spiro atoms. The fourth-order valence-electron chi connectivity index (χ4n) is 3.14. The largest absolute Gasteiger partial charge is 0.416 e. The van der Waals surface area contributed by atoms with Gasteiger partial charge in [-0.3, -0.25) is 4.79 Å². The van der Waals surface area contributed by atoms with Crippen LogP contribution in [0, 0.1) is 13.8 Å². The molecule has 0 saturated carbocycles. The number of aromatic nitrogens is 3. The summed E-state index contributed by atoms with van der Waals surface area (Å²) in [6, 6.07) is 3.87. The molecule has 1 aliphatic heterocycles. The van der Waals surface area contributed by atoms with Gasteiger partial charge in [-0.1, -0.05) is 11.3 Å². The highest BCUT2D eigenvalue weighted by molar-refractivity contribution is 6.03. The Morgan fingerprint density at radius 2 is 1.93 bits per heavy atom. The van der Waals surface area contributed by atoms with Crippen LogP contribution in [0.25, 0.3) is 0 Å². The molecule has 148 valence electrons. The Morgan fingerprint density at radius 3 is 2.56 bits per heavy atom. The number of benzene rings is 1. The number of alkyl halides is 3. The van der Waals surface area contributed by atoms with Crippen LogP contribution in [-0.4, -0.2) is 34.0 Å². The number of carbonyl (C=O) groups excluding carboxylic acids is 1. The van der Waals surface area contributed by atoms with Crippen molar-refractivity contribution < 1.29 is 18.0 Å². The number of piperidine rings is 1. The van der Waals surface area contributed by atoms with E-state index in [9.17, 15) is 18.0 Å². The van der Waals surface area contributed by atoms with Crippen LogP contribution in [0.2, 0.25) is 0 Å². The molecular formula is C17H21ClF3N5O. The van der Waals surface area contributed by atoms with Gasteiger partial charge in [-0.25, -0.2) is 4.68 Å². The summed E-state index contributed by atoms with van der Waals surface area (Å²) in [5.41, 5.74) is 0.132. The van der Waals surface area contributed by atoms with Gasteiger partial charge in [0.15, 0.2) is 5.69 Å². The number of amides is 1. The monoisotopic (exact) mass is 403 g/mol. The summed E-state index contributed by atoms with van der Waals surface area (Å²) in [7, 11) is 0. The summed E-state index contributed by atoms with van der Waals surface area (Å²) < 4.78 is 40.8. The molecule has 2 heterocycles. The van der Waals surface area contributed by atoms with Gasteiger partial charge < -0.3 is 10.6 Å². The Balaban J connectivity index is 0.00000261. The number of hydrogen-bond donors (Lipinski definition) is 2. The molecule has 1 aliphatic rings. The number of carbonyl (C=O) groups is 1. The molecule has 3 rings (SSSR count). The van der Waals surface area contributed by atoms with E-state index in [-0.39, 0.29) is 35.4 Å². The summed E-state index contributed by atoms with van der Waals surface area (Å²) in [5, 5.41) is 13.7. The Hall–Kier alpha value is -2.13. The van der Waals surface area contributed by atoms with Crippen molar-refractivity contribution in [3.05, 3.63) is 40.7 Å². The number of nitrogens with zero attached hydrogens (tertiary/aromatic N) is 3. The predicted molar refractivity (Wildman–Crippen MR) is 97.3 cm³/mol. The lowest BCUT2D eigenvalue weighted by Gasteiger charge is -2.23. The van der Waals surface area contributed by atoms with Gasteiger partial charge in [0.05, 0.1) is 17.3 Å². The van der Waals surface area contributed by atoms with E-state index >= 15 is 0 Å². The van der Waals surface area contributed by atoms with Crippen molar-refractivity contribution in [2.45, 2.75) is 38.9 Å². The molecule has 0 radical (unpaired) electrons. The van der Waals surface area contributed by atoms with Gasteiger partial charge in [0.1, 0.15) is 0 Å². The molecule has 2 N–H and O–H groups in total. The van der Waals surface area contributed by atoms with E-state index in [1.165, 1.54) is 19.1 Å². The van der Waals surface area contributed by atoms with Crippen LogP contribution in [0.15, 0.2) is 18.2 Å². The lowest BCUT2D eigenvalue weighted by Crippen LogP contribution is -2.30. The van der Waals surface area contributed by atoms with E-state index in [4.69, 9.17) is 0 Å². The fourth-order valence-corrected chi connectivity index (χ4v) is 3.14.